The van der Waals surface area contributed by atoms with Crippen LogP contribution in [0, 0.1) is 5.92 Å². The van der Waals surface area contributed by atoms with E-state index in [9.17, 15) is 13.2 Å². The first-order chi connectivity index (χ1) is 7.08. The zero-order valence-corrected chi connectivity index (χ0v) is 12.2. The van der Waals surface area contributed by atoms with Crippen LogP contribution in [0.5, 0.6) is 0 Å². The number of nitrogens with one attached hydrogen (secondary N) is 2. The maximum absolute atomic E-state index is 11.7. The van der Waals surface area contributed by atoms with Gasteiger partial charge in [0.05, 0.1) is 6.26 Å². The van der Waals surface area contributed by atoms with Gasteiger partial charge in [-0.15, -0.1) is 12.4 Å². The molecule has 17 heavy (non-hydrogen) atoms. The van der Waals surface area contributed by atoms with E-state index in [1.165, 1.54) is 13.8 Å². The highest BCUT2D eigenvalue weighted by Gasteiger charge is 2.30. The minimum absolute atomic E-state index is 0. The minimum Gasteiger partial charge on any atom is -0.354 e. The summed E-state index contributed by atoms with van der Waals surface area (Å²) >= 11 is 0. The third kappa shape index (κ3) is 8.37. The number of halogens is 1. The minimum atomic E-state index is -3.41. The Bertz CT molecular complexity index is 343. The second kappa shape index (κ2) is 7.15. The quantitative estimate of drug-likeness (QED) is 0.610. The molecule has 0 saturated carbocycles. The van der Waals surface area contributed by atoms with Gasteiger partial charge in [0.15, 0.2) is 0 Å². The first-order valence-corrected chi connectivity index (χ1v) is 6.95. The van der Waals surface area contributed by atoms with E-state index in [0.717, 1.165) is 6.26 Å². The Balaban J connectivity index is 0. The number of sulfonamides is 1. The maximum atomic E-state index is 11.7. The van der Waals surface area contributed by atoms with Gasteiger partial charge in [-0.05, 0) is 26.3 Å². The molecule has 1 atom stereocenters. The summed E-state index contributed by atoms with van der Waals surface area (Å²) in [5.41, 5.74) is 4.26. The molecule has 0 aliphatic carbocycles. The van der Waals surface area contributed by atoms with E-state index in [4.69, 9.17) is 5.73 Å². The Kier molecular flexibility index (Phi) is 7.98. The molecule has 0 fully saturated rings. The molecule has 0 aromatic carbocycles. The van der Waals surface area contributed by atoms with Gasteiger partial charge in [0, 0.05) is 6.54 Å². The molecular weight excluding hydrogens is 266 g/mol. The van der Waals surface area contributed by atoms with Crippen LogP contribution < -0.4 is 15.8 Å². The Morgan fingerprint density at radius 2 is 1.88 bits per heavy atom. The first-order valence-electron chi connectivity index (χ1n) is 5.06. The summed E-state index contributed by atoms with van der Waals surface area (Å²) in [6, 6.07) is 0. The number of hydrogen-bond donors (Lipinski definition) is 3. The van der Waals surface area contributed by atoms with Crippen molar-refractivity contribution in [1.82, 2.24) is 10.0 Å². The highest BCUT2D eigenvalue weighted by atomic mass is 35.5. The standard InChI is InChI=1S/C9H21N3O3S.ClH/c1-7(5-10)6-11-8(13)9(2,3)12-16(4,14)15;/h7,12H,5-6,10H2,1-4H3,(H,11,13);1H. The van der Waals surface area contributed by atoms with E-state index in [1.54, 1.807) is 0 Å². The van der Waals surface area contributed by atoms with E-state index >= 15 is 0 Å². The van der Waals surface area contributed by atoms with Crippen LogP contribution in [-0.2, 0) is 14.8 Å². The Morgan fingerprint density at radius 1 is 1.41 bits per heavy atom. The molecule has 0 aromatic heterocycles. The highest BCUT2D eigenvalue weighted by Crippen LogP contribution is 2.04. The number of hydrogen-bond acceptors (Lipinski definition) is 4. The molecule has 0 bridgehead atoms. The number of carbonyl (C=O) groups is 1. The van der Waals surface area contributed by atoms with Crippen LogP contribution in [0.15, 0.2) is 0 Å². The van der Waals surface area contributed by atoms with Crippen molar-refractivity contribution in [2.24, 2.45) is 11.7 Å². The molecule has 4 N–H and O–H groups in total. The van der Waals surface area contributed by atoms with E-state index in [-0.39, 0.29) is 24.2 Å². The fraction of sp³-hybridized carbons (Fsp3) is 0.889. The van der Waals surface area contributed by atoms with Gasteiger partial charge in [-0.1, -0.05) is 6.92 Å². The summed E-state index contributed by atoms with van der Waals surface area (Å²) in [6.45, 7) is 5.83. The van der Waals surface area contributed by atoms with Gasteiger partial charge >= 0.3 is 0 Å². The van der Waals surface area contributed by atoms with Crippen LogP contribution in [0.4, 0.5) is 0 Å². The molecule has 0 rings (SSSR count). The van der Waals surface area contributed by atoms with Crippen molar-refractivity contribution in [1.29, 1.82) is 0 Å². The lowest BCUT2D eigenvalue weighted by atomic mass is 10.1. The highest BCUT2D eigenvalue weighted by molar-refractivity contribution is 7.88. The fourth-order valence-electron chi connectivity index (χ4n) is 1.08. The summed E-state index contributed by atoms with van der Waals surface area (Å²) in [7, 11) is -3.41. The van der Waals surface area contributed by atoms with Crippen molar-refractivity contribution in [2.75, 3.05) is 19.3 Å². The van der Waals surface area contributed by atoms with Crippen LogP contribution in [0.3, 0.4) is 0 Å². The zero-order valence-electron chi connectivity index (χ0n) is 10.6. The summed E-state index contributed by atoms with van der Waals surface area (Å²) in [5.74, 6) is -0.198. The van der Waals surface area contributed by atoms with Crippen molar-refractivity contribution in [3.05, 3.63) is 0 Å². The largest absolute Gasteiger partial charge is 0.354 e. The van der Waals surface area contributed by atoms with Gasteiger partial charge in [-0.2, -0.15) is 0 Å². The predicted octanol–water partition coefficient (Wildman–Crippen LogP) is -0.553. The molecular formula is C9H22ClN3O3S. The molecule has 104 valence electrons. The summed E-state index contributed by atoms with van der Waals surface area (Å²) < 4.78 is 24.3. The Morgan fingerprint density at radius 3 is 2.24 bits per heavy atom. The molecule has 1 amide bonds. The average Bonchev–Trinajstić information content (AvgIpc) is 2.09. The number of rotatable bonds is 6. The van der Waals surface area contributed by atoms with Crippen LogP contribution >= 0.6 is 12.4 Å². The van der Waals surface area contributed by atoms with Gasteiger partial charge in [0.2, 0.25) is 15.9 Å². The lowest BCUT2D eigenvalue weighted by molar-refractivity contribution is -0.125. The second-order valence-electron chi connectivity index (χ2n) is 4.55. The van der Waals surface area contributed by atoms with Crippen LogP contribution in [0.25, 0.3) is 0 Å². The summed E-state index contributed by atoms with van der Waals surface area (Å²) in [4.78, 5) is 11.7. The van der Waals surface area contributed by atoms with Crippen molar-refractivity contribution in [2.45, 2.75) is 26.3 Å². The van der Waals surface area contributed by atoms with Crippen molar-refractivity contribution in [3.63, 3.8) is 0 Å². The molecule has 0 heterocycles. The van der Waals surface area contributed by atoms with E-state index < -0.39 is 15.6 Å². The molecule has 0 spiro atoms. The molecule has 0 radical (unpaired) electrons. The maximum Gasteiger partial charge on any atom is 0.240 e. The molecule has 6 nitrogen and oxygen atoms in total. The van der Waals surface area contributed by atoms with Gasteiger partial charge in [0.25, 0.3) is 0 Å². The molecule has 8 heteroatoms. The Labute approximate surface area is 109 Å². The Hall–Kier alpha value is -0.370. The first kappa shape index (κ1) is 19.0. The predicted molar refractivity (Wildman–Crippen MR) is 70.5 cm³/mol. The number of nitrogens with two attached hydrogens (primary N) is 1. The monoisotopic (exact) mass is 287 g/mol. The van der Waals surface area contributed by atoms with Gasteiger partial charge in [-0.3, -0.25) is 4.79 Å². The van der Waals surface area contributed by atoms with Gasteiger partial charge in [0.1, 0.15) is 5.54 Å². The van der Waals surface area contributed by atoms with Crippen molar-refractivity contribution < 1.29 is 13.2 Å². The smallest absolute Gasteiger partial charge is 0.240 e. The molecule has 0 aliphatic heterocycles. The number of amides is 1. The summed E-state index contributed by atoms with van der Waals surface area (Å²) in [5, 5.41) is 2.65. The fourth-order valence-corrected chi connectivity index (χ4v) is 2.10. The van der Waals surface area contributed by atoms with E-state index in [1.807, 2.05) is 6.92 Å². The second-order valence-corrected chi connectivity index (χ2v) is 6.30. The molecule has 0 aromatic rings. The van der Waals surface area contributed by atoms with Crippen LogP contribution in [-0.4, -0.2) is 39.2 Å². The molecule has 0 saturated heterocycles. The topological polar surface area (TPSA) is 101 Å². The average molecular weight is 288 g/mol. The van der Waals surface area contributed by atoms with Crippen molar-refractivity contribution in [3.8, 4) is 0 Å². The SMILES string of the molecule is CC(CN)CNC(=O)C(C)(C)NS(C)(=O)=O.Cl. The molecule has 0 aliphatic rings. The van der Waals surface area contributed by atoms with Crippen LogP contribution in [0.1, 0.15) is 20.8 Å². The zero-order chi connectivity index (χ0) is 13.0. The van der Waals surface area contributed by atoms with Crippen molar-refractivity contribution >= 4 is 28.3 Å². The lowest BCUT2D eigenvalue weighted by Crippen LogP contribution is -2.55. The van der Waals surface area contributed by atoms with E-state index in [2.05, 4.69) is 10.0 Å². The van der Waals surface area contributed by atoms with E-state index in [0.29, 0.717) is 13.1 Å². The summed E-state index contributed by atoms with van der Waals surface area (Å²) in [6.07, 6.45) is 1.02. The lowest BCUT2D eigenvalue weighted by Gasteiger charge is -2.24. The normalized spacial score (nSPS) is 13.7. The van der Waals surface area contributed by atoms with Gasteiger partial charge in [-0.25, -0.2) is 13.1 Å². The third-order valence-corrected chi connectivity index (χ3v) is 2.90. The third-order valence-electron chi connectivity index (χ3n) is 2.02. The number of carbonyl (C=O) groups excluding carboxylic acids is 1. The van der Waals surface area contributed by atoms with Gasteiger partial charge < -0.3 is 11.1 Å². The molecule has 1 unspecified atom stereocenters. The van der Waals surface area contributed by atoms with Crippen LogP contribution in [0.2, 0.25) is 0 Å².